The molecule has 0 saturated carbocycles. The predicted octanol–water partition coefficient (Wildman–Crippen LogP) is 1.44. The third-order valence-electron chi connectivity index (χ3n) is 4.00. The van der Waals surface area contributed by atoms with Gasteiger partial charge in [-0.05, 0) is 24.6 Å². The lowest BCUT2D eigenvalue weighted by atomic mass is 10.0. The minimum absolute atomic E-state index is 0.0695. The third kappa shape index (κ3) is 3.38. The van der Waals surface area contributed by atoms with Crippen molar-refractivity contribution in [1.29, 1.82) is 0 Å². The summed E-state index contributed by atoms with van der Waals surface area (Å²) >= 11 is 0. The molecule has 1 aromatic rings. The fraction of sp³-hybridized carbons (Fsp3) is 0.562. The summed E-state index contributed by atoms with van der Waals surface area (Å²) < 4.78 is 5.40. The van der Waals surface area contributed by atoms with Gasteiger partial charge in [-0.25, -0.2) is 0 Å². The first kappa shape index (κ1) is 15.0. The van der Waals surface area contributed by atoms with Gasteiger partial charge in [0.15, 0.2) is 0 Å². The molecule has 1 amide bonds. The Bertz CT molecular complexity index is 444. The van der Waals surface area contributed by atoms with E-state index in [0.29, 0.717) is 19.8 Å². The third-order valence-corrected chi connectivity index (χ3v) is 4.00. The van der Waals surface area contributed by atoms with Crippen molar-refractivity contribution in [2.45, 2.75) is 25.9 Å². The van der Waals surface area contributed by atoms with Crippen LogP contribution in [0, 0.1) is 5.92 Å². The second-order valence-corrected chi connectivity index (χ2v) is 5.40. The smallest absolute Gasteiger partial charge is 0.229 e. The monoisotopic (exact) mass is 276 g/mol. The molecule has 1 heterocycles. The number of hydrogen-bond acceptors (Lipinski definition) is 3. The average Bonchev–Trinajstić information content (AvgIpc) is 2.95. The fourth-order valence-corrected chi connectivity index (χ4v) is 2.60. The number of likely N-dealkylation sites (N-methyl/N-ethyl adjacent to an activating group) is 1. The van der Waals surface area contributed by atoms with E-state index in [1.165, 1.54) is 5.56 Å². The van der Waals surface area contributed by atoms with Crippen LogP contribution >= 0.6 is 0 Å². The van der Waals surface area contributed by atoms with Crippen LogP contribution in [0.25, 0.3) is 0 Å². The molecule has 1 aliphatic rings. The Morgan fingerprint density at radius 1 is 1.30 bits per heavy atom. The van der Waals surface area contributed by atoms with Crippen molar-refractivity contribution in [3.63, 3.8) is 0 Å². The lowest BCUT2D eigenvalue weighted by Crippen LogP contribution is -2.43. The molecule has 1 aliphatic heterocycles. The molecule has 0 radical (unpaired) electrons. The van der Waals surface area contributed by atoms with Crippen molar-refractivity contribution in [2.75, 3.05) is 27.3 Å². The SMILES string of the molecule is CCc1ccc(CN(C)C(=O)C2COCC2NC)cc1. The molecule has 1 fully saturated rings. The molecule has 110 valence electrons. The Balaban J connectivity index is 1.96. The molecule has 2 rings (SSSR count). The Kier molecular flexibility index (Phi) is 5.15. The van der Waals surface area contributed by atoms with Crippen LogP contribution in [0.15, 0.2) is 24.3 Å². The molecule has 1 N–H and O–H groups in total. The lowest BCUT2D eigenvalue weighted by Gasteiger charge is -2.23. The Labute approximate surface area is 121 Å². The highest BCUT2D eigenvalue weighted by Gasteiger charge is 2.34. The van der Waals surface area contributed by atoms with Crippen LogP contribution in [0.4, 0.5) is 0 Å². The zero-order valence-corrected chi connectivity index (χ0v) is 12.6. The maximum absolute atomic E-state index is 12.4. The molecule has 4 nitrogen and oxygen atoms in total. The summed E-state index contributed by atoms with van der Waals surface area (Å²) in [5.74, 6) is 0.0846. The van der Waals surface area contributed by atoms with Gasteiger partial charge in [0.05, 0.1) is 19.1 Å². The lowest BCUT2D eigenvalue weighted by molar-refractivity contribution is -0.135. The van der Waals surface area contributed by atoms with E-state index in [2.05, 4.69) is 36.5 Å². The summed E-state index contributed by atoms with van der Waals surface area (Å²) in [7, 11) is 3.74. The van der Waals surface area contributed by atoms with Crippen LogP contribution in [-0.4, -0.2) is 44.2 Å². The predicted molar refractivity (Wildman–Crippen MR) is 79.5 cm³/mol. The number of carbonyl (C=O) groups excluding carboxylic acids is 1. The first-order valence-corrected chi connectivity index (χ1v) is 7.23. The van der Waals surface area contributed by atoms with Gasteiger partial charge in [0.2, 0.25) is 5.91 Å². The molecule has 1 saturated heterocycles. The van der Waals surface area contributed by atoms with Gasteiger partial charge in [0, 0.05) is 19.6 Å². The highest BCUT2D eigenvalue weighted by molar-refractivity contribution is 5.79. The minimum atomic E-state index is -0.0695. The van der Waals surface area contributed by atoms with Crippen LogP contribution in [0.1, 0.15) is 18.1 Å². The number of aryl methyl sites for hydroxylation is 1. The van der Waals surface area contributed by atoms with Crippen LogP contribution in [0.3, 0.4) is 0 Å². The summed E-state index contributed by atoms with van der Waals surface area (Å²) in [5, 5.41) is 3.16. The van der Waals surface area contributed by atoms with Gasteiger partial charge in [-0.15, -0.1) is 0 Å². The zero-order valence-electron chi connectivity index (χ0n) is 12.6. The van der Waals surface area contributed by atoms with Crippen molar-refractivity contribution in [3.05, 3.63) is 35.4 Å². The molecular weight excluding hydrogens is 252 g/mol. The zero-order chi connectivity index (χ0) is 14.5. The van der Waals surface area contributed by atoms with Gasteiger partial charge in [-0.2, -0.15) is 0 Å². The summed E-state index contributed by atoms with van der Waals surface area (Å²) in [4.78, 5) is 14.2. The van der Waals surface area contributed by atoms with E-state index in [1.54, 1.807) is 4.90 Å². The Morgan fingerprint density at radius 2 is 1.95 bits per heavy atom. The number of hydrogen-bond donors (Lipinski definition) is 1. The molecule has 1 aromatic carbocycles. The topological polar surface area (TPSA) is 41.6 Å². The average molecular weight is 276 g/mol. The van der Waals surface area contributed by atoms with Gasteiger partial charge >= 0.3 is 0 Å². The molecular formula is C16H24N2O2. The highest BCUT2D eigenvalue weighted by Crippen LogP contribution is 2.17. The maximum atomic E-state index is 12.4. The van der Waals surface area contributed by atoms with E-state index >= 15 is 0 Å². The molecule has 2 atom stereocenters. The number of carbonyl (C=O) groups is 1. The second-order valence-electron chi connectivity index (χ2n) is 5.40. The van der Waals surface area contributed by atoms with Crippen molar-refractivity contribution < 1.29 is 9.53 Å². The summed E-state index contributed by atoms with van der Waals surface area (Å²) in [5.41, 5.74) is 2.49. The van der Waals surface area contributed by atoms with Gasteiger partial charge in [-0.3, -0.25) is 4.79 Å². The van der Waals surface area contributed by atoms with Crippen molar-refractivity contribution in [1.82, 2.24) is 10.2 Å². The van der Waals surface area contributed by atoms with Gasteiger partial charge in [0.25, 0.3) is 0 Å². The van der Waals surface area contributed by atoms with E-state index < -0.39 is 0 Å². The van der Waals surface area contributed by atoms with E-state index in [-0.39, 0.29) is 17.9 Å². The van der Waals surface area contributed by atoms with E-state index in [4.69, 9.17) is 4.74 Å². The maximum Gasteiger partial charge on any atom is 0.229 e. The molecule has 4 heteroatoms. The van der Waals surface area contributed by atoms with Crippen LogP contribution < -0.4 is 5.32 Å². The minimum Gasteiger partial charge on any atom is -0.379 e. The summed E-state index contributed by atoms with van der Waals surface area (Å²) in [6.07, 6.45) is 1.04. The van der Waals surface area contributed by atoms with Crippen LogP contribution in [0.5, 0.6) is 0 Å². The molecule has 0 aliphatic carbocycles. The molecule has 0 aromatic heterocycles. The van der Waals surface area contributed by atoms with Crippen LogP contribution in [-0.2, 0) is 22.5 Å². The molecule has 0 spiro atoms. The largest absolute Gasteiger partial charge is 0.379 e. The second kappa shape index (κ2) is 6.86. The van der Waals surface area contributed by atoms with Crippen molar-refractivity contribution >= 4 is 5.91 Å². The number of nitrogens with zero attached hydrogens (tertiary/aromatic N) is 1. The van der Waals surface area contributed by atoms with Gasteiger partial charge in [0.1, 0.15) is 0 Å². The quantitative estimate of drug-likeness (QED) is 0.885. The highest BCUT2D eigenvalue weighted by atomic mass is 16.5. The van der Waals surface area contributed by atoms with Gasteiger partial charge in [-0.1, -0.05) is 31.2 Å². The van der Waals surface area contributed by atoms with Crippen molar-refractivity contribution in [2.24, 2.45) is 5.92 Å². The Morgan fingerprint density at radius 3 is 2.55 bits per heavy atom. The molecule has 0 bridgehead atoms. The van der Waals surface area contributed by atoms with E-state index in [0.717, 1.165) is 12.0 Å². The molecule has 2 unspecified atom stereocenters. The molecule has 20 heavy (non-hydrogen) atoms. The normalized spacial score (nSPS) is 21.9. The van der Waals surface area contributed by atoms with Crippen LogP contribution in [0.2, 0.25) is 0 Å². The van der Waals surface area contributed by atoms with E-state index in [1.807, 2.05) is 14.1 Å². The Hall–Kier alpha value is -1.39. The van der Waals surface area contributed by atoms with Crippen molar-refractivity contribution in [3.8, 4) is 0 Å². The first-order valence-electron chi connectivity index (χ1n) is 7.23. The first-order chi connectivity index (χ1) is 9.65. The summed E-state index contributed by atoms with van der Waals surface area (Å²) in [6, 6.07) is 8.59. The number of rotatable bonds is 5. The standard InChI is InChI=1S/C16H24N2O2/c1-4-12-5-7-13(8-6-12)9-18(3)16(19)14-10-20-11-15(14)17-2/h5-8,14-15,17H,4,9-11H2,1-3H3. The van der Waals surface area contributed by atoms with E-state index in [9.17, 15) is 4.79 Å². The number of amides is 1. The summed E-state index contributed by atoms with van der Waals surface area (Å²) in [6.45, 7) is 3.92. The fourth-order valence-electron chi connectivity index (χ4n) is 2.60. The number of benzene rings is 1. The number of ether oxygens (including phenoxy) is 1. The number of nitrogens with one attached hydrogen (secondary N) is 1. The van der Waals surface area contributed by atoms with Gasteiger partial charge < -0.3 is 15.0 Å².